The molecule has 31 heavy (non-hydrogen) atoms. The minimum absolute atomic E-state index is 0.0518. The van der Waals surface area contributed by atoms with Crippen molar-refractivity contribution in [2.75, 3.05) is 20.2 Å². The van der Waals surface area contributed by atoms with E-state index in [1.165, 1.54) is 0 Å². The zero-order valence-electron chi connectivity index (χ0n) is 18.2. The summed E-state index contributed by atoms with van der Waals surface area (Å²) >= 11 is 0. The number of carbonyl (C=O) groups excluding carboxylic acids is 3. The number of benzene rings is 2. The molecule has 2 amide bonds. The van der Waals surface area contributed by atoms with E-state index in [-0.39, 0.29) is 36.2 Å². The monoisotopic (exact) mass is 422 g/mol. The molecule has 164 valence electrons. The van der Waals surface area contributed by atoms with Crippen LogP contribution >= 0.6 is 0 Å². The number of ether oxygens (including phenoxy) is 1. The first kappa shape index (κ1) is 22.5. The fraction of sp³-hybridized carbons (Fsp3) is 0.400. The number of nitrogens with zero attached hydrogens (tertiary/aromatic N) is 2. The molecule has 1 aliphatic rings. The van der Waals surface area contributed by atoms with Gasteiger partial charge in [0.25, 0.3) is 0 Å². The molecule has 2 atom stereocenters. The van der Waals surface area contributed by atoms with Crippen molar-refractivity contribution in [2.45, 2.75) is 38.8 Å². The van der Waals surface area contributed by atoms with E-state index in [2.05, 4.69) is 0 Å². The zero-order valence-corrected chi connectivity index (χ0v) is 18.2. The normalized spacial score (nSPS) is 18.5. The Hall–Kier alpha value is -3.15. The minimum Gasteiger partial charge on any atom is -0.466 e. The molecule has 0 aromatic heterocycles. The summed E-state index contributed by atoms with van der Waals surface area (Å²) in [6.45, 7) is 2.83. The fourth-order valence-electron chi connectivity index (χ4n) is 4.13. The Balaban J connectivity index is 1.84. The maximum Gasteiger partial charge on any atom is 0.307 e. The summed E-state index contributed by atoms with van der Waals surface area (Å²) in [5, 5.41) is 0. The smallest absolute Gasteiger partial charge is 0.307 e. The van der Waals surface area contributed by atoms with Crippen LogP contribution in [0.1, 0.15) is 43.4 Å². The second-order valence-electron chi connectivity index (χ2n) is 7.82. The molecule has 0 radical (unpaired) electrons. The molecule has 0 aliphatic carbocycles. The van der Waals surface area contributed by atoms with Crippen LogP contribution in [0.4, 0.5) is 0 Å². The lowest BCUT2D eigenvalue weighted by molar-refractivity contribution is -0.148. The van der Waals surface area contributed by atoms with Crippen molar-refractivity contribution in [3.05, 3.63) is 71.8 Å². The van der Waals surface area contributed by atoms with Crippen LogP contribution in [0.5, 0.6) is 0 Å². The van der Waals surface area contributed by atoms with Gasteiger partial charge in [-0.05, 0) is 24.5 Å². The molecule has 0 spiro atoms. The third kappa shape index (κ3) is 5.72. The number of carbonyl (C=O) groups is 3. The maximum absolute atomic E-state index is 13.4. The molecule has 2 aromatic rings. The van der Waals surface area contributed by atoms with Gasteiger partial charge < -0.3 is 14.5 Å². The van der Waals surface area contributed by atoms with E-state index >= 15 is 0 Å². The minimum atomic E-state index is -0.365. The summed E-state index contributed by atoms with van der Waals surface area (Å²) < 4.78 is 4.98. The maximum atomic E-state index is 13.4. The third-order valence-corrected chi connectivity index (χ3v) is 5.69. The third-order valence-electron chi connectivity index (χ3n) is 5.69. The van der Waals surface area contributed by atoms with E-state index in [9.17, 15) is 14.4 Å². The first-order valence-electron chi connectivity index (χ1n) is 10.8. The number of amides is 2. The van der Waals surface area contributed by atoms with E-state index in [4.69, 9.17) is 4.74 Å². The number of rotatable bonds is 8. The van der Waals surface area contributed by atoms with Gasteiger partial charge in [-0.15, -0.1) is 0 Å². The van der Waals surface area contributed by atoms with Crippen LogP contribution in [0.3, 0.4) is 0 Å². The quantitative estimate of drug-likeness (QED) is 0.610. The average molecular weight is 423 g/mol. The van der Waals surface area contributed by atoms with Crippen molar-refractivity contribution >= 4 is 17.8 Å². The number of hydrogen-bond donors (Lipinski definition) is 0. The van der Waals surface area contributed by atoms with Gasteiger partial charge in [0.1, 0.15) is 0 Å². The molecule has 1 saturated heterocycles. The molecular weight excluding hydrogens is 392 g/mol. The van der Waals surface area contributed by atoms with Crippen molar-refractivity contribution in [1.29, 1.82) is 0 Å². The average Bonchev–Trinajstić information content (AvgIpc) is 2.79. The second kappa shape index (κ2) is 10.8. The van der Waals surface area contributed by atoms with Gasteiger partial charge in [0.2, 0.25) is 11.8 Å². The molecule has 6 nitrogen and oxygen atoms in total. The van der Waals surface area contributed by atoms with Gasteiger partial charge >= 0.3 is 5.97 Å². The predicted octanol–water partition coefficient (Wildman–Crippen LogP) is 3.58. The van der Waals surface area contributed by atoms with Crippen molar-refractivity contribution < 1.29 is 19.1 Å². The Morgan fingerprint density at radius 2 is 1.71 bits per heavy atom. The summed E-state index contributed by atoms with van der Waals surface area (Å²) in [4.78, 5) is 41.5. The summed E-state index contributed by atoms with van der Waals surface area (Å²) in [5.74, 6) is -0.679. The van der Waals surface area contributed by atoms with Crippen LogP contribution in [-0.2, 0) is 25.7 Å². The van der Waals surface area contributed by atoms with Crippen LogP contribution in [0.15, 0.2) is 60.7 Å². The van der Waals surface area contributed by atoms with Gasteiger partial charge in [0.05, 0.1) is 25.0 Å². The molecular formula is C25H30N2O4. The highest BCUT2D eigenvalue weighted by atomic mass is 16.5. The molecule has 6 heteroatoms. The predicted molar refractivity (Wildman–Crippen MR) is 118 cm³/mol. The zero-order chi connectivity index (χ0) is 22.2. The second-order valence-corrected chi connectivity index (χ2v) is 7.82. The van der Waals surface area contributed by atoms with Crippen molar-refractivity contribution in [2.24, 2.45) is 5.92 Å². The van der Waals surface area contributed by atoms with Crippen LogP contribution in [0.2, 0.25) is 0 Å². The molecule has 0 saturated carbocycles. The molecule has 3 rings (SSSR count). The summed E-state index contributed by atoms with van der Waals surface area (Å²) in [7, 11) is 1.71. The Labute approximate surface area is 183 Å². The first-order chi connectivity index (χ1) is 15.0. The van der Waals surface area contributed by atoms with Crippen LogP contribution in [-0.4, -0.2) is 47.8 Å². The van der Waals surface area contributed by atoms with Gasteiger partial charge in [-0.1, -0.05) is 60.7 Å². The van der Waals surface area contributed by atoms with E-state index in [1.807, 2.05) is 65.6 Å². The van der Waals surface area contributed by atoms with Crippen LogP contribution < -0.4 is 0 Å². The van der Waals surface area contributed by atoms with Crippen LogP contribution in [0, 0.1) is 5.92 Å². The molecule has 2 aromatic carbocycles. The standard InChI is InChI=1S/C25H30N2O4/c1-3-31-23(29)16-17-26(2)25(30)21-14-15-22(28)27(18-19-10-6-4-7-11-19)24(21)20-12-8-5-9-13-20/h4-13,21,24H,3,14-18H2,1-2H3. The van der Waals surface area contributed by atoms with Gasteiger partial charge in [0, 0.05) is 26.6 Å². The van der Waals surface area contributed by atoms with E-state index < -0.39 is 0 Å². The highest BCUT2D eigenvalue weighted by Gasteiger charge is 2.41. The molecule has 0 N–H and O–H groups in total. The lowest BCUT2D eigenvalue weighted by Crippen LogP contribution is -2.48. The molecule has 2 unspecified atom stereocenters. The summed E-state index contributed by atoms with van der Waals surface area (Å²) in [6, 6.07) is 19.2. The highest BCUT2D eigenvalue weighted by Crippen LogP contribution is 2.38. The lowest BCUT2D eigenvalue weighted by atomic mass is 9.83. The Bertz CT molecular complexity index is 885. The van der Waals surface area contributed by atoms with E-state index in [1.54, 1.807) is 18.9 Å². The number of esters is 1. The SMILES string of the molecule is CCOC(=O)CCN(C)C(=O)C1CCC(=O)N(Cc2ccccc2)C1c1ccccc1. The number of piperidine rings is 1. The fourth-order valence-corrected chi connectivity index (χ4v) is 4.13. The molecule has 1 heterocycles. The highest BCUT2D eigenvalue weighted by molar-refractivity contribution is 5.85. The van der Waals surface area contributed by atoms with Crippen molar-refractivity contribution in [3.8, 4) is 0 Å². The van der Waals surface area contributed by atoms with Gasteiger partial charge in [-0.3, -0.25) is 14.4 Å². The van der Waals surface area contributed by atoms with Gasteiger partial charge in [-0.25, -0.2) is 0 Å². The van der Waals surface area contributed by atoms with Gasteiger partial charge in [-0.2, -0.15) is 0 Å². The van der Waals surface area contributed by atoms with E-state index in [0.717, 1.165) is 11.1 Å². The topological polar surface area (TPSA) is 66.9 Å². The molecule has 1 aliphatic heterocycles. The number of likely N-dealkylation sites (tertiary alicyclic amines) is 1. The molecule has 0 bridgehead atoms. The Morgan fingerprint density at radius 1 is 1.06 bits per heavy atom. The summed E-state index contributed by atoms with van der Waals surface area (Å²) in [5.41, 5.74) is 1.98. The Morgan fingerprint density at radius 3 is 2.35 bits per heavy atom. The summed E-state index contributed by atoms with van der Waals surface area (Å²) in [6.07, 6.45) is 0.982. The number of hydrogen-bond acceptors (Lipinski definition) is 4. The van der Waals surface area contributed by atoms with Gasteiger partial charge in [0.15, 0.2) is 0 Å². The Kier molecular flexibility index (Phi) is 7.82. The first-order valence-corrected chi connectivity index (χ1v) is 10.8. The molecule has 1 fully saturated rings. The van der Waals surface area contributed by atoms with Crippen molar-refractivity contribution in [3.63, 3.8) is 0 Å². The largest absolute Gasteiger partial charge is 0.466 e. The van der Waals surface area contributed by atoms with E-state index in [0.29, 0.717) is 32.5 Å². The van der Waals surface area contributed by atoms with Crippen LogP contribution in [0.25, 0.3) is 0 Å². The lowest BCUT2D eigenvalue weighted by Gasteiger charge is -2.42. The van der Waals surface area contributed by atoms with Crippen molar-refractivity contribution in [1.82, 2.24) is 9.80 Å².